The molecule has 0 saturated carbocycles. The fourth-order valence-electron chi connectivity index (χ4n) is 1.35. The van der Waals surface area contributed by atoms with Gasteiger partial charge in [-0.05, 0) is 18.9 Å². The fraction of sp³-hybridized carbons (Fsp3) is 0.364. The highest BCUT2D eigenvalue weighted by molar-refractivity contribution is 5.95. The summed E-state index contributed by atoms with van der Waals surface area (Å²) < 4.78 is 13.6. The molecule has 1 N–H and O–H groups in total. The number of hydrogen-bond acceptors (Lipinski definition) is 3. The van der Waals surface area contributed by atoms with Gasteiger partial charge in [0.15, 0.2) is 0 Å². The number of rotatable bonds is 4. The van der Waals surface area contributed by atoms with Crippen molar-refractivity contribution in [3.05, 3.63) is 39.2 Å². The van der Waals surface area contributed by atoms with E-state index in [1.54, 1.807) is 0 Å². The Morgan fingerprint density at radius 3 is 2.71 bits per heavy atom. The molecule has 0 spiro atoms. The number of carbonyl (C=O) groups excluding carboxylic acids is 1. The fourth-order valence-corrected chi connectivity index (χ4v) is 1.35. The Kier molecular flexibility index (Phi) is 4.14. The third-order valence-electron chi connectivity index (χ3n) is 2.23. The van der Waals surface area contributed by atoms with Gasteiger partial charge in [0.1, 0.15) is 5.82 Å². The molecule has 0 aliphatic carbocycles. The van der Waals surface area contributed by atoms with E-state index in [0.717, 1.165) is 12.1 Å². The molecule has 0 atom stereocenters. The molecule has 0 aliphatic rings. The Labute approximate surface area is 97.8 Å². The van der Waals surface area contributed by atoms with Crippen LogP contribution >= 0.6 is 0 Å². The molecule has 17 heavy (non-hydrogen) atoms. The van der Waals surface area contributed by atoms with Crippen LogP contribution in [0.1, 0.15) is 29.3 Å². The summed E-state index contributed by atoms with van der Waals surface area (Å²) in [5.74, 6) is -1.35. The van der Waals surface area contributed by atoms with Crippen LogP contribution in [0, 0.1) is 22.9 Å². The molecule has 0 radical (unpaired) electrons. The first kappa shape index (κ1) is 13.1. The first-order valence-electron chi connectivity index (χ1n) is 5.20. The standard InChI is InChI=1S/C11H13FN2O3/c1-3-4-13-11(15)9-6-8(14(16)17)5-7(2)10(9)12/h5-6H,3-4H2,1-2H3,(H,13,15). The lowest BCUT2D eigenvalue weighted by Gasteiger charge is -2.06. The van der Waals surface area contributed by atoms with Crippen molar-refractivity contribution in [1.29, 1.82) is 0 Å². The summed E-state index contributed by atoms with van der Waals surface area (Å²) in [5.41, 5.74) is -0.489. The second kappa shape index (κ2) is 5.38. The van der Waals surface area contributed by atoms with Gasteiger partial charge in [-0.3, -0.25) is 14.9 Å². The number of nitrogens with zero attached hydrogens (tertiary/aromatic N) is 1. The average molecular weight is 240 g/mol. The van der Waals surface area contributed by atoms with E-state index < -0.39 is 16.6 Å². The molecule has 0 aliphatic heterocycles. The van der Waals surface area contributed by atoms with E-state index in [4.69, 9.17) is 0 Å². The number of aryl methyl sites for hydroxylation is 1. The van der Waals surface area contributed by atoms with E-state index >= 15 is 0 Å². The zero-order valence-corrected chi connectivity index (χ0v) is 9.62. The third kappa shape index (κ3) is 2.99. The summed E-state index contributed by atoms with van der Waals surface area (Å²) in [4.78, 5) is 21.5. The van der Waals surface area contributed by atoms with Gasteiger partial charge in [-0.25, -0.2) is 4.39 Å². The van der Waals surface area contributed by atoms with Gasteiger partial charge in [0.05, 0.1) is 10.5 Å². The Morgan fingerprint density at radius 1 is 1.53 bits per heavy atom. The monoisotopic (exact) mass is 240 g/mol. The number of nitro groups is 1. The molecule has 0 unspecified atom stereocenters. The lowest BCUT2D eigenvalue weighted by molar-refractivity contribution is -0.385. The van der Waals surface area contributed by atoms with Crippen molar-refractivity contribution in [3.63, 3.8) is 0 Å². The summed E-state index contributed by atoms with van der Waals surface area (Å²) in [6, 6.07) is 2.05. The number of nitrogens with one attached hydrogen (secondary N) is 1. The van der Waals surface area contributed by atoms with Crippen LogP contribution in [-0.2, 0) is 0 Å². The summed E-state index contributed by atoms with van der Waals surface area (Å²) in [6.07, 6.45) is 0.710. The highest BCUT2D eigenvalue weighted by Crippen LogP contribution is 2.20. The SMILES string of the molecule is CCCNC(=O)c1cc([N+](=O)[O-])cc(C)c1F. The van der Waals surface area contributed by atoms with Crippen molar-refractivity contribution in [2.75, 3.05) is 6.54 Å². The maximum Gasteiger partial charge on any atom is 0.270 e. The van der Waals surface area contributed by atoms with Crippen molar-refractivity contribution < 1.29 is 14.1 Å². The van der Waals surface area contributed by atoms with Gasteiger partial charge >= 0.3 is 0 Å². The Morgan fingerprint density at radius 2 is 2.18 bits per heavy atom. The molecule has 6 heteroatoms. The van der Waals surface area contributed by atoms with Crippen molar-refractivity contribution >= 4 is 11.6 Å². The largest absolute Gasteiger partial charge is 0.352 e. The van der Waals surface area contributed by atoms with E-state index in [2.05, 4.69) is 5.32 Å². The zero-order chi connectivity index (χ0) is 13.0. The third-order valence-corrected chi connectivity index (χ3v) is 2.23. The molecule has 0 saturated heterocycles. The maximum atomic E-state index is 13.6. The lowest BCUT2D eigenvalue weighted by atomic mass is 10.1. The van der Waals surface area contributed by atoms with E-state index in [1.165, 1.54) is 6.92 Å². The molecule has 0 bridgehead atoms. The van der Waals surface area contributed by atoms with Crippen LogP contribution in [0.25, 0.3) is 0 Å². The highest BCUT2D eigenvalue weighted by atomic mass is 19.1. The van der Waals surface area contributed by atoms with Crippen LogP contribution in [0.2, 0.25) is 0 Å². The predicted octanol–water partition coefficient (Wildman–Crippen LogP) is 2.18. The summed E-state index contributed by atoms with van der Waals surface area (Å²) in [5, 5.41) is 13.1. The molecule has 1 amide bonds. The summed E-state index contributed by atoms with van der Waals surface area (Å²) >= 11 is 0. The molecule has 1 rings (SSSR count). The van der Waals surface area contributed by atoms with Crippen LogP contribution < -0.4 is 5.32 Å². The van der Waals surface area contributed by atoms with Crippen molar-refractivity contribution in [1.82, 2.24) is 5.32 Å². The molecule has 0 heterocycles. The van der Waals surface area contributed by atoms with Gasteiger partial charge in [0.25, 0.3) is 11.6 Å². The van der Waals surface area contributed by atoms with Gasteiger partial charge < -0.3 is 5.32 Å². The average Bonchev–Trinajstić information content (AvgIpc) is 2.29. The van der Waals surface area contributed by atoms with E-state index in [9.17, 15) is 19.3 Å². The number of nitro benzene ring substituents is 1. The molecule has 0 fully saturated rings. The van der Waals surface area contributed by atoms with Crippen molar-refractivity contribution in [2.24, 2.45) is 0 Å². The number of benzene rings is 1. The quantitative estimate of drug-likeness (QED) is 0.647. The normalized spacial score (nSPS) is 10.1. The minimum atomic E-state index is -0.718. The maximum absolute atomic E-state index is 13.6. The van der Waals surface area contributed by atoms with E-state index in [1.807, 2.05) is 6.92 Å². The van der Waals surface area contributed by atoms with Crippen molar-refractivity contribution in [3.8, 4) is 0 Å². The smallest absolute Gasteiger partial charge is 0.270 e. The Balaban J connectivity index is 3.13. The molecule has 5 nitrogen and oxygen atoms in total. The minimum absolute atomic E-state index is 0.0841. The van der Waals surface area contributed by atoms with Gasteiger partial charge in [0, 0.05) is 18.7 Å². The van der Waals surface area contributed by atoms with E-state index in [0.29, 0.717) is 13.0 Å². The number of hydrogen-bond donors (Lipinski definition) is 1. The highest BCUT2D eigenvalue weighted by Gasteiger charge is 2.19. The van der Waals surface area contributed by atoms with Crippen LogP contribution in [0.4, 0.5) is 10.1 Å². The second-order valence-electron chi connectivity index (χ2n) is 3.64. The van der Waals surface area contributed by atoms with Gasteiger partial charge in [0.2, 0.25) is 0 Å². The van der Waals surface area contributed by atoms with Gasteiger partial charge in [-0.15, -0.1) is 0 Å². The van der Waals surface area contributed by atoms with Gasteiger partial charge in [-0.2, -0.15) is 0 Å². The van der Waals surface area contributed by atoms with Crippen LogP contribution in [0.3, 0.4) is 0 Å². The van der Waals surface area contributed by atoms with Crippen LogP contribution in [-0.4, -0.2) is 17.4 Å². The molecule has 1 aromatic carbocycles. The predicted molar refractivity (Wildman–Crippen MR) is 60.4 cm³/mol. The van der Waals surface area contributed by atoms with Gasteiger partial charge in [-0.1, -0.05) is 6.92 Å². The molecule has 92 valence electrons. The number of amides is 1. The molecule has 1 aromatic rings. The summed E-state index contributed by atoms with van der Waals surface area (Å²) in [6.45, 7) is 3.65. The lowest BCUT2D eigenvalue weighted by Crippen LogP contribution is -2.25. The second-order valence-corrected chi connectivity index (χ2v) is 3.64. The number of carbonyl (C=O) groups is 1. The summed E-state index contributed by atoms with van der Waals surface area (Å²) in [7, 11) is 0. The topological polar surface area (TPSA) is 72.2 Å². The molecular formula is C11H13FN2O3. The van der Waals surface area contributed by atoms with Crippen LogP contribution in [0.5, 0.6) is 0 Å². The Hall–Kier alpha value is -1.98. The number of non-ortho nitro benzene ring substituents is 1. The number of halogens is 1. The molecular weight excluding hydrogens is 227 g/mol. The van der Waals surface area contributed by atoms with E-state index in [-0.39, 0.29) is 16.8 Å². The Bertz CT molecular complexity index is 460. The van der Waals surface area contributed by atoms with Crippen LogP contribution in [0.15, 0.2) is 12.1 Å². The molecule has 0 aromatic heterocycles. The first-order chi connectivity index (χ1) is 7.97. The minimum Gasteiger partial charge on any atom is -0.352 e. The zero-order valence-electron chi connectivity index (χ0n) is 9.62. The first-order valence-corrected chi connectivity index (χ1v) is 5.20. The van der Waals surface area contributed by atoms with Crippen molar-refractivity contribution in [2.45, 2.75) is 20.3 Å².